The minimum Gasteiger partial charge on any atom is -0.497 e. The Morgan fingerprint density at radius 2 is 1.56 bits per heavy atom. The normalized spacial score (nSPS) is 9.61. The van der Waals surface area contributed by atoms with E-state index in [0.717, 1.165) is 28.2 Å². The zero-order valence-corrected chi connectivity index (χ0v) is 10.4. The van der Waals surface area contributed by atoms with Gasteiger partial charge in [-0.15, -0.1) is 6.42 Å². The monoisotopic (exact) mass is 238 g/mol. The molecule has 0 aliphatic carbocycles. The van der Waals surface area contributed by atoms with Gasteiger partial charge in [-0.1, -0.05) is 24.1 Å². The van der Waals surface area contributed by atoms with E-state index in [0.29, 0.717) is 0 Å². The van der Waals surface area contributed by atoms with E-state index in [4.69, 9.17) is 15.9 Å². The summed E-state index contributed by atoms with van der Waals surface area (Å²) >= 11 is 0. The van der Waals surface area contributed by atoms with Gasteiger partial charge in [-0.25, -0.2) is 0 Å². The Balaban J connectivity index is 2.41. The van der Waals surface area contributed by atoms with Crippen LogP contribution in [0.5, 0.6) is 11.5 Å². The quantitative estimate of drug-likeness (QED) is 0.763. The van der Waals surface area contributed by atoms with E-state index >= 15 is 0 Å². The summed E-state index contributed by atoms with van der Waals surface area (Å²) < 4.78 is 10.3. The predicted molar refractivity (Wildman–Crippen MR) is 72.9 cm³/mol. The van der Waals surface area contributed by atoms with E-state index in [1.165, 1.54) is 0 Å². The Labute approximate surface area is 107 Å². The average Bonchev–Trinajstić information content (AvgIpc) is 2.46. The van der Waals surface area contributed by atoms with Crippen LogP contribution in [0.15, 0.2) is 42.5 Å². The second-order valence-corrected chi connectivity index (χ2v) is 3.79. The van der Waals surface area contributed by atoms with Crippen molar-refractivity contribution < 1.29 is 9.47 Å². The summed E-state index contributed by atoms with van der Waals surface area (Å²) in [6, 6.07) is 13.7. The van der Waals surface area contributed by atoms with Crippen molar-refractivity contribution in [3.8, 4) is 35.0 Å². The van der Waals surface area contributed by atoms with E-state index in [2.05, 4.69) is 5.92 Å². The largest absolute Gasteiger partial charge is 0.497 e. The lowest BCUT2D eigenvalue weighted by molar-refractivity contribution is 0.413. The highest BCUT2D eigenvalue weighted by atomic mass is 16.5. The molecule has 0 N–H and O–H groups in total. The standard InChI is InChI=1S/C16H14O2/c1-4-12-11-14(7-10-16(12)18-3)13-5-8-15(17-2)9-6-13/h1,5-11H,2-3H3. The van der Waals surface area contributed by atoms with Gasteiger partial charge in [0.25, 0.3) is 0 Å². The van der Waals surface area contributed by atoms with Gasteiger partial charge in [0.1, 0.15) is 11.5 Å². The van der Waals surface area contributed by atoms with E-state index < -0.39 is 0 Å². The molecule has 0 saturated heterocycles. The Hall–Kier alpha value is -2.40. The van der Waals surface area contributed by atoms with Crippen molar-refractivity contribution in [3.63, 3.8) is 0 Å². The van der Waals surface area contributed by atoms with Crippen molar-refractivity contribution in [1.82, 2.24) is 0 Å². The molecule has 0 fully saturated rings. The van der Waals surface area contributed by atoms with Crippen LogP contribution in [0.2, 0.25) is 0 Å². The van der Waals surface area contributed by atoms with Crippen molar-refractivity contribution in [3.05, 3.63) is 48.0 Å². The summed E-state index contributed by atoms with van der Waals surface area (Å²) in [4.78, 5) is 0. The molecule has 2 rings (SSSR count). The number of rotatable bonds is 3. The number of ether oxygens (including phenoxy) is 2. The van der Waals surface area contributed by atoms with Gasteiger partial charge in [0.05, 0.1) is 19.8 Å². The van der Waals surface area contributed by atoms with Crippen molar-refractivity contribution in [2.45, 2.75) is 0 Å². The second kappa shape index (κ2) is 5.29. The van der Waals surface area contributed by atoms with E-state index in [-0.39, 0.29) is 0 Å². The smallest absolute Gasteiger partial charge is 0.134 e. The van der Waals surface area contributed by atoms with Crippen LogP contribution in [0.3, 0.4) is 0 Å². The van der Waals surface area contributed by atoms with Crippen LogP contribution in [-0.4, -0.2) is 14.2 Å². The Morgan fingerprint density at radius 3 is 2.11 bits per heavy atom. The van der Waals surface area contributed by atoms with Gasteiger partial charge in [0.2, 0.25) is 0 Å². The molecule has 0 heterocycles. The molecule has 0 radical (unpaired) electrons. The molecule has 0 aliphatic heterocycles. The third-order valence-electron chi connectivity index (χ3n) is 2.78. The van der Waals surface area contributed by atoms with E-state index in [9.17, 15) is 0 Å². The average molecular weight is 238 g/mol. The predicted octanol–water partition coefficient (Wildman–Crippen LogP) is 3.35. The lowest BCUT2D eigenvalue weighted by Gasteiger charge is -2.07. The van der Waals surface area contributed by atoms with Crippen LogP contribution in [0.1, 0.15) is 5.56 Å². The summed E-state index contributed by atoms with van der Waals surface area (Å²) in [6.45, 7) is 0. The third-order valence-corrected chi connectivity index (χ3v) is 2.78. The molecule has 2 aromatic rings. The first kappa shape index (κ1) is 12.1. The van der Waals surface area contributed by atoms with Crippen LogP contribution >= 0.6 is 0 Å². The van der Waals surface area contributed by atoms with Gasteiger partial charge in [0, 0.05) is 0 Å². The maximum Gasteiger partial charge on any atom is 0.134 e. The molecule has 0 saturated carbocycles. The Morgan fingerprint density at radius 1 is 0.889 bits per heavy atom. The molecule has 0 unspecified atom stereocenters. The zero-order chi connectivity index (χ0) is 13.0. The molecular formula is C16H14O2. The first-order valence-electron chi connectivity index (χ1n) is 5.57. The first-order valence-corrected chi connectivity index (χ1v) is 5.57. The fraction of sp³-hybridized carbons (Fsp3) is 0.125. The van der Waals surface area contributed by atoms with E-state index in [1.54, 1.807) is 14.2 Å². The molecule has 0 amide bonds. The van der Waals surface area contributed by atoms with Crippen LogP contribution in [0.25, 0.3) is 11.1 Å². The highest BCUT2D eigenvalue weighted by molar-refractivity contribution is 5.68. The first-order chi connectivity index (χ1) is 8.78. The molecule has 0 spiro atoms. The minimum absolute atomic E-state index is 0.717. The van der Waals surface area contributed by atoms with Gasteiger partial charge in [0.15, 0.2) is 0 Å². The highest BCUT2D eigenvalue weighted by Gasteiger charge is 2.04. The maximum atomic E-state index is 5.47. The van der Waals surface area contributed by atoms with Gasteiger partial charge in [-0.2, -0.15) is 0 Å². The highest BCUT2D eigenvalue weighted by Crippen LogP contribution is 2.27. The number of methoxy groups -OCH3 is 2. The summed E-state index contributed by atoms with van der Waals surface area (Å²) in [7, 11) is 3.27. The molecular weight excluding hydrogens is 224 g/mol. The van der Waals surface area contributed by atoms with Crippen LogP contribution in [0.4, 0.5) is 0 Å². The van der Waals surface area contributed by atoms with Gasteiger partial charge >= 0.3 is 0 Å². The fourth-order valence-corrected chi connectivity index (χ4v) is 1.78. The second-order valence-electron chi connectivity index (χ2n) is 3.79. The molecule has 0 atom stereocenters. The number of hydrogen-bond acceptors (Lipinski definition) is 2. The van der Waals surface area contributed by atoms with Crippen LogP contribution in [0, 0.1) is 12.3 Å². The summed E-state index contributed by atoms with van der Waals surface area (Å²) in [5, 5.41) is 0. The summed E-state index contributed by atoms with van der Waals surface area (Å²) in [5.74, 6) is 4.18. The topological polar surface area (TPSA) is 18.5 Å². The van der Waals surface area contributed by atoms with Crippen LogP contribution < -0.4 is 9.47 Å². The maximum absolute atomic E-state index is 5.47. The lowest BCUT2D eigenvalue weighted by atomic mass is 10.0. The third kappa shape index (κ3) is 2.31. The summed E-state index contributed by atoms with van der Waals surface area (Å²) in [5.41, 5.74) is 2.91. The van der Waals surface area contributed by atoms with Crippen LogP contribution in [-0.2, 0) is 0 Å². The Bertz CT molecular complexity index is 577. The molecule has 2 aromatic carbocycles. The number of benzene rings is 2. The molecule has 90 valence electrons. The number of terminal acetylenes is 1. The summed E-state index contributed by atoms with van der Waals surface area (Å²) in [6.07, 6.45) is 5.47. The molecule has 0 bridgehead atoms. The van der Waals surface area contributed by atoms with Crippen molar-refractivity contribution >= 4 is 0 Å². The van der Waals surface area contributed by atoms with Gasteiger partial charge in [-0.05, 0) is 35.4 Å². The molecule has 18 heavy (non-hydrogen) atoms. The van der Waals surface area contributed by atoms with Crippen molar-refractivity contribution in [2.75, 3.05) is 14.2 Å². The molecule has 0 aromatic heterocycles. The minimum atomic E-state index is 0.717. The van der Waals surface area contributed by atoms with E-state index in [1.807, 2.05) is 42.5 Å². The van der Waals surface area contributed by atoms with Gasteiger partial charge in [-0.3, -0.25) is 0 Å². The lowest BCUT2D eigenvalue weighted by Crippen LogP contribution is -1.89. The number of hydrogen-bond donors (Lipinski definition) is 0. The van der Waals surface area contributed by atoms with Crippen molar-refractivity contribution in [1.29, 1.82) is 0 Å². The van der Waals surface area contributed by atoms with Gasteiger partial charge < -0.3 is 9.47 Å². The van der Waals surface area contributed by atoms with Crippen molar-refractivity contribution in [2.24, 2.45) is 0 Å². The molecule has 2 heteroatoms. The fourth-order valence-electron chi connectivity index (χ4n) is 1.78. The SMILES string of the molecule is C#Cc1cc(-c2ccc(OC)cc2)ccc1OC. The molecule has 2 nitrogen and oxygen atoms in total. The zero-order valence-electron chi connectivity index (χ0n) is 10.4. The Kier molecular flexibility index (Phi) is 3.54. The molecule has 0 aliphatic rings.